The summed E-state index contributed by atoms with van der Waals surface area (Å²) in [5, 5.41) is 3.56. The Morgan fingerprint density at radius 1 is 1.00 bits per heavy atom. The van der Waals surface area contributed by atoms with Crippen LogP contribution in [0.25, 0.3) is 0 Å². The highest BCUT2D eigenvalue weighted by atomic mass is 35.5. The number of benzene rings is 2. The first kappa shape index (κ1) is 27.5. The monoisotopic (exact) mass is 470 g/mol. The van der Waals surface area contributed by atoms with Crippen LogP contribution >= 0.6 is 24.8 Å². The molecule has 2 aromatic rings. The minimum Gasteiger partial charge on any atom is -0.490 e. The molecular weight excluding hydrogens is 435 g/mol. The Labute approximate surface area is 199 Å². The summed E-state index contributed by atoms with van der Waals surface area (Å²) in [5.41, 5.74) is 3.55. The highest BCUT2D eigenvalue weighted by molar-refractivity contribution is 5.85. The summed E-state index contributed by atoms with van der Waals surface area (Å²) in [5.74, 6) is 1.66. The number of ether oxygens (including phenoxy) is 3. The summed E-state index contributed by atoms with van der Waals surface area (Å²) < 4.78 is 17.4. The molecule has 1 aliphatic heterocycles. The second-order valence-electron chi connectivity index (χ2n) is 7.44. The number of para-hydroxylation sites is 1. The highest BCUT2D eigenvalue weighted by Gasteiger charge is 2.12. The fraction of sp³-hybridized carbons (Fsp3) is 0.500. The molecular formula is C24H36Cl2N2O3. The molecule has 3 rings (SSSR count). The molecule has 31 heavy (non-hydrogen) atoms. The minimum atomic E-state index is 0. The van der Waals surface area contributed by atoms with E-state index in [1.165, 1.54) is 5.56 Å². The Balaban J connectivity index is 0.00000240. The van der Waals surface area contributed by atoms with Gasteiger partial charge >= 0.3 is 0 Å². The summed E-state index contributed by atoms with van der Waals surface area (Å²) in [6, 6.07) is 14.6. The highest BCUT2D eigenvalue weighted by Crippen LogP contribution is 2.32. The van der Waals surface area contributed by atoms with Gasteiger partial charge in [0.25, 0.3) is 0 Å². The van der Waals surface area contributed by atoms with Crippen molar-refractivity contribution in [2.24, 2.45) is 0 Å². The molecule has 2 aromatic carbocycles. The molecule has 5 nitrogen and oxygen atoms in total. The van der Waals surface area contributed by atoms with E-state index in [0.717, 1.165) is 75.0 Å². The van der Waals surface area contributed by atoms with Crippen molar-refractivity contribution >= 4 is 24.8 Å². The predicted molar refractivity (Wildman–Crippen MR) is 131 cm³/mol. The van der Waals surface area contributed by atoms with Crippen molar-refractivity contribution in [3.8, 4) is 11.5 Å². The number of halogens is 2. The summed E-state index contributed by atoms with van der Waals surface area (Å²) in [4.78, 5) is 2.47. The number of nitrogens with one attached hydrogen (secondary N) is 1. The molecule has 0 bridgehead atoms. The van der Waals surface area contributed by atoms with Crippen LogP contribution in [0.2, 0.25) is 0 Å². The van der Waals surface area contributed by atoms with Crippen LogP contribution < -0.4 is 14.8 Å². The molecule has 0 aliphatic carbocycles. The van der Waals surface area contributed by atoms with E-state index in [9.17, 15) is 0 Å². The number of morpholine rings is 1. The predicted octanol–water partition coefficient (Wildman–Crippen LogP) is 4.63. The fourth-order valence-corrected chi connectivity index (χ4v) is 3.45. The molecule has 1 fully saturated rings. The topological polar surface area (TPSA) is 43.0 Å². The van der Waals surface area contributed by atoms with Crippen LogP contribution in [0.1, 0.15) is 30.0 Å². The van der Waals surface area contributed by atoms with Crippen LogP contribution in [0.5, 0.6) is 11.5 Å². The number of rotatable bonds is 11. The zero-order valence-electron chi connectivity index (χ0n) is 18.6. The zero-order chi connectivity index (χ0) is 20.3. The average Bonchev–Trinajstić information content (AvgIpc) is 2.75. The molecule has 0 saturated carbocycles. The maximum Gasteiger partial charge on any atom is 0.166 e. The van der Waals surface area contributed by atoms with Gasteiger partial charge in [-0.1, -0.05) is 42.0 Å². The largest absolute Gasteiger partial charge is 0.490 e. The standard InChI is InChI=1S/C24H34N2O3.2ClH/c1-3-28-23-7-4-6-22(18-25-12-5-13-26-14-16-27-17-15-26)24(23)29-19-21-10-8-20(2)9-11-21;;/h4,6-11,25H,3,5,12-19H2,1-2H3;2*1H. The average molecular weight is 471 g/mol. The SMILES string of the molecule is CCOc1cccc(CNCCCN2CCOCC2)c1OCc1ccc(C)cc1.Cl.Cl. The van der Waals surface area contributed by atoms with E-state index >= 15 is 0 Å². The van der Waals surface area contributed by atoms with Gasteiger partial charge in [0.1, 0.15) is 6.61 Å². The lowest BCUT2D eigenvalue weighted by Crippen LogP contribution is -2.37. The van der Waals surface area contributed by atoms with Crippen LogP contribution in [-0.2, 0) is 17.9 Å². The van der Waals surface area contributed by atoms with E-state index in [4.69, 9.17) is 14.2 Å². The van der Waals surface area contributed by atoms with Crippen LogP contribution in [0.4, 0.5) is 0 Å². The Kier molecular flexibility index (Phi) is 13.6. The molecule has 174 valence electrons. The van der Waals surface area contributed by atoms with Crippen LogP contribution in [0, 0.1) is 6.92 Å². The molecule has 0 spiro atoms. The van der Waals surface area contributed by atoms with Gasteiger partial charge < -0.3 is 19.5 Å². The van der Waals surface area contributed by atoms with E-state index in [-0.39, 0.29) is 24.8 Å². The molecule has 0 atom stereocenters. The van der Waals surface area contributed by atoms with Crippen molar-refractivity contribution in [3.63, 3.8) is 0 Å². The molecule has 0 radical (unpaired) electrons. The minimum absolute atomic E-state index is 0. The van der Waals surface area contributed by atoms with Crippen LogP contribution in [0.3, 0.4) is 0 Å². The second kappa shape index (κ2) is 15.3. The van der Waals surface area contributed by atoms with E-state index < -0.39 is 0 Å². The molecule has 1 saturated heterocycles. The second-order valence-corrected chi connectivity index (χ2v) is 7.44. The van der Waals surface area contributed by atoms with Gasteiger partial charge in [-0.15, -0.1) is 24.8 Å². The molecule has 1 N–H and O–H groups in total. The lowest BCUT2D eigenvalue weighted by atomic mass is 10.1. The molecule has 7 heteroatoms. The molecule has 0 aromatic heterocycles. The van der Waals surface area contributed by atoms with Crippen molar-refractivity contribution in [2.75, 3.05) is 46.0 Å². The maximum absolute atomic E-state index is 6.21. The molecule has 1 aliphatic rings. The van der Waals surface area contributed by atoms with Crippen molar-refractivity contribution < 1.29 is 14.2 Å². The molecule has 0 unspecified atom stereocenters. The summed E-state index contributed by atoms with van der Waals surface area (Å²) >= 11 is 0. The van der Waals surface area contributed by atoms with Crippen molar-refractivity contribution in [1.29, 1.82) is 0 Å². The van der Waals surface area contributed by atoms with Gasteiger partial charge in [-0.2, -0.15) is 0 Å². The lowest BCUT2D eigenvalue weighted by Gasteiger charge is -2.26. The number of hydrogen-bond acceptors (Lipinski definition) is 5. The van der Waals surface area contributed by atoms with Crippen molar-refractivity contribution in [2.45, 2.75) is 33.4 Å². The van der Waals surface area contributed by atoms with Gasteiger partial charge in [0.2, 0.25) is 0 Å². The van der Waals surface area contributed by atoms with Gasteiger partial charge in [-0.05, 0) is 45.0 Å². The molecule has 0 amide bonds. The van der Waals surface area contributed by atoms with E-state index in [1.54, 1.807) is 0 Å². The Morgan fingerprint density at radius 2 is 1.74 bits per heavy atom. The van der Waals surface area contributed by atoms with E-state index in [0.29, 0.717) is 13.2 Å². The van der Waals surface area contributed by atoms with E-state index in [2.05, 4.69) is 47.5 Å². The van der Waals surface area contributed by atoms with E-state index in [1.807, 2.05) is 19.1 Å². The van der Waals surface area contributed by atoms with Gasteiger partial charge in [0.15, 0.2) is 11.5 Å². The first-order chi connectivity index (χ1) is 14.3. The third-order valence-electron chi connectivity index (χ3n) is 5.11. The first-order valence-electron chi connectivity index (χ1n) is 10.7. The summed E-state index contributed by atoms with van der Waals surface area (Å²) in [7, 11) is 0. The first-order valence-corrected chi connectivity index (χ1v) is 10.7. The number of aryl methyl sites for hydroxylation is 1. The maximum atomic E-state index is 6.21. The number of hydrogen-bond donors (Lipinski definition) is 1. The van der Waals surface area contributed by atoms with Crippen molar-refractivity contribution in [3.05, 3.63) is 59.2 Å². The Hall–Kier alpha value is -1.50. The van der Waals surface area contributed by atoms with Crippen molar-refractivity contribution in [1.82, 2.24) is 10.2 Å². The Bertz CT molecular complexity index is 738. The number of nitrogens with zero attached hydrogens (tertiary/aromatic N) is 1. The third-order valence-corrected chi connectivity index (χ3v) is 5.11. The van der Waals surface area contributed by atoms with Gasteiger partial charge in [-0.25, -0.2) is 0 Å². The quantitative estimate of drug-likeness (QED) is 0.485. The molecule has 1 heterocycles. The summed E-state index contributed by atoms with van der Waals surface area (Å²) in [6.07, 6.45) is 1.13. The normalized spacial score (nSPS) is 13.7. The summed E-state index contributed by atoms with van der Waals surface area (Å²) in [6.45, 7) is 11.9. The van der Waals surface area contributed by atoms with Crippen LogP contribution in [-0.4, -0.2) is 50.9 Å². The van der Waals surface area contributed by atoms with Crippen LogP contribution in [0.15, 0.2) is 42.5 Å². The Morgan fingerprint density at radius 3 is 2.45 bits per heavy atom. The smallest absolute Gasteiger partial charge is 0.166 e. The fourth-order valence-electron chi connectivity index (χ4n) is 3.45. The third kappa shape index (κ3) is 9.26. The van der Waals surface area contributed by atoms with Gasteiger partial charge in [0, 0.05) is 25.2 Å². The lowest BCUT2D eigenvalue weighted by molar-refractivity contribution is 0.0374. The zero-order valence-corrected chi connectivity index (χ0v) is 20.2. The van der Waals surface area contributed by atoms with Gasteiger partial charge in [0.05, 0.1) is 19.8 Å². The van der Waals surface area contributed by atoms with Gasteiger partial charge in [-0.3, -0.25) is 4.90 Å².